The average molecular weight is 422 g/mol. The molecule has 0 atom stereocenters. The van der Waals surface area contributed by atoms with E-state index < -0.39 is 17.5 Å². The van der Waals surface area contributed by atoms with Gasteiger partial charge in [-0.3, -0.25) is 4.79 Å². The summed E-state index contributed by atoms with van der Waals surface area (Å²) < 4.78 is 5.57. The first-order valence-corrected chi connectivity index (χ1v) is 11.4. The number of benzene rings is 2. The Balaban J connectivity index is 1.36. The zero-order valence-corrected chi connectivity index (χ0v) is 18.1. The summed E-state index contributed by atoms with van der Waals surface area (Å²) in [5, 5.41) is 12.6. The van der Waals surface area contributed by atoms with E-state index in [1.165, 1.54) is 11.1 Å². The summed E-state index contributed by atoms with van der Waals surface area (Å²) in [4.78, 5) is 24.5. The minimum absolute atomic E-state index is 0.00364. The number of fused-ring (bicyclic) bond motifs is 3. The third kappa shape index (κ3) is 4.32. The molecule has 0 spiro atoms. The maximum Gasteiger partial charge on any atom is 0.407 e. The molecule has 5 nitrogen and oxygen atoms in total. The zero-order valence-electron chi connectivity index (χ0n) is 18.1. The number of alkyl carbamates (subject to hydrolysis) is 1. The van der Waals surface area contributed by atoms with E-state index in [4.69, 9.17) is 4.74 Å². The zero-order chi connectivity index (χ0) is 21.8. The maximum absolute atomic E-state index is 12.5. The van der Waals surface area contributed by atoms with Crippen molar-refractivity contribution in [2.45, 2.75) is 51.4 Å². The fourth-order valence-corrected chi connectivity index (χ4v) is 5.28. The molecule has 2 aromatic rings. The highest BCUT2D eigenvalue weighted by Gasteiger charge is 2.42. The number of carboxylic acid groups (broad SMARTS) is 1. The van der Waals surface area contributed by atoms with Crippen LogP contribution in [0.25, 0.3) is 11.1 Å². The first-order chi connectivity index (χ1) is 15.0. The lowest BCUT2D eigenvalue weighted by molar-refractivity contribution is -0.151. The molecule has 4 rings (SSSR count). The molecular weight excluding hydrogens is 390 g/mol. The first kappa shape index (κ1) is 21.4. The molecule has 0 radical (unpaired) electrons. The van der Waals surface area contributed by atoms with E-state index in [1.54, 1.807) is 0 Å². The Hall–Kier alpha value is -2.82. The molecule has 2 aromatic carbocycles. The number of nitrogens with one attached hydrogen (secondary N) is 1. The van der Waals surface area contributed by atoms with Crippen LogP contribution in [0.1, 0.15) is 62.5 Å². The second-order valence-corrected chi connectivity index (χ2v) is 9.00. The molecule has 0 heterocycles. The molecule has 164 valence electrons. The molecule has 5 heteroatoms. The Kier molecular flexibility index (Phi) is 6.30. The fraction of sp³-hybridized carbons (Fsp3) is 0.462. The summed E-state index contributed by atoms with van der Waals surface area (Å²) >= 11 is 0. The Bertz CT molecular complexity index is 900. The minimum atomic E-state index is -0.879. The summed E-state index contributed by atoms with van der Waals surface area (Å²) in [5.41, 5.74) is 3.80. The molecule has 2 N–H and O–H groups in total. The number of hydrogen-bond donors (Lipinski definition) is 2. The lowest BCUT2D eigenvalue weighted by Crippen LogP contribution is -2.45. The smallest absolute Gasteiger partial charge is 0.407 e. The monoisotopic (exact) mass is 421 g/mol. The molecule has 2 aliphatic rings. The number of aliphatic carboxylic acids is 1. The average Bonchev–Trinajstić information content (AvgIpc) is 3.11. The van der Waals surface area contributed by atoms with Crippen LogP contribution in [0.4, 0.5) is 4.79 Å². The van der Waals surface area contributed by atoms with Gasteiger partial charge >= 0.3 is 12.1 Å². The van der Waals surface area contributed by atoms with Crippen LogP contribution in [0.3, 0.4) is 0 Å². The van der Waals surface area contributed by atoms with Crippen LogP contribution in [0.5, 0.6) is 0 Å². The van der Waals surface area contributed by atoms with Gasteiger partial charge in [0.25, 0.3) is 0 Å². The van der Waals surface area contributed by atoms with Gasteiger partial charge in [-0.25, -0.2) is 4.79 Å². The van der Waals surface area contributed by atoms with Crippen molar-refractivity contribution in [3.05, 3.63) is 59.7 Å². The minimum Gasteiger partial charge on any atom is -0.481 e. The predicted octanol–water partition coefficient (Wildman–Crippen LogP) is 5.59. The van der Waals surface area contributed by atoms with E-state index in [0.29, 0.717) is 18.8 Å². The molecule has 0 aliphatic heterocycles. The highest BCUT2D eigenvalue weighted by atomic mass is 16.5. The van der Waals surface area contributed by atoms with Gasteiger partial charge < -0.3 is 15.2 Å². The van der Waals surface area contributed by atoms with E-state index >= 15 is 0 Å². The number of hydrogen-bond acceptors (Lipinski definition) is 3. The van der Waals surface area contributed by atoms with Crippen LogP contribution in [-0.4, -0.2) is 30.3 Å². The Morgan fingerprint density at radius 1 is 1.03 bits per heavy atom. The van der Waals surface area contributed by atoms with Crippen LogP contribution in [0.15, 0.2) is 48.5 Å². The molecule has 1 saturated carbocycles. The summed E-state index contributed by atoms with van der Waals surface area (Å²) in [6, 6.07) is 16.4. The maximum atomic E-state index is 12.5. The van der Waals surface area contributed by atoms with Gasteiger partial charge in [0.05, 0.1) is 5.41 Å². The summed E-state index contributed by atoms with van der Waals surface area (Å²) in [6.07, 6.45) is 4.77. The number of amides is 1. The number of carbonyl (C=O) groups is 2. The molecule has 2 aliphatic carbocycles. The van der Waals surface area contributed by atoms with Crippen LogP contribution >= 0.6 is 0 Å². The SMILES string of the molecule is CCCC1CCC(CNC(=O)OCC2c3ccccc3-c3ccccc32)(C(=O)O)CC1. The second kappa shape index (κ2) is 9.13. The van der Waals surface area contributed by atoms with Crippen LogP contribution in [-0.2, 0) is 9.53 Å². The highest BCUT2D eigenvalue weighted by molar-refractivity contribution is 5.79. The molecule has 0 bridgehead atoms. The Morgan fingerprint density at radius 2 is 1.61 bits per heavy atom. The lowest BCUT2D eigenvalue weighted by atomic mass is 9.69. The molecule has 0 aromatic heterocycles. The van der Waals surface area contributed by atoms with Gasteiger partial charge in [0.15, 0.2) is 0 Å². The molecule has 1 fully saturated rings. The van der Waals surface area contributed by atoms with Gasteiger partial charge in [-0.15, -0.1) is 0 Å². The van der Waals surface area contributed by atoms with Gasteiger partial charge in [-0.05, 0) is 53.9 Å². The molecule has 1 amide bonds. The first-order valence-electron chi connectivity index (χ1n) is 11.4. The third-order valence-corrected chi connectivity index (χ3v) is 7.13. The number of rotatable bonds is 7. The van der Waals surface area contributed by atoms with E-state index in [2.05, 4.69) is 36.5 Å². The highest BCUT2D eigenvalue weighted by Crippen LogP contribution is 2.44. The summed E-state index contributed by atoms with van der Waals surface area (Å²) in [7, 11) is 0. The van der Waals surface area contributed by atoms with Crippen molar-refractivity contribution >= 4 is 12.1 Å². The molecule has 31 heavy (non-hydrogen) atoms. The van der Waals surface area contributed by atoms with Gasteiger partial charge in [-0.2, -0.15) is 0 Å². The normalized spacial score (nSPS) is 22.4. The van der Waals surface area contributed by atoms with E-state index in [0.717, 1.165) is 36.8 Å². The van der Waals surface area contributed by atoms with Crippen LogP contribution in [0, 0.1) is 11.3 Å². The third-order valence-electron chi connectivity index (χ3n) is 7.13. The van der Waals surface area contributed by atoms with Crippen molar-refractivity contribution in [3.8, 4) is 11.1 Å². The van der Waals surface area contributed by atoms with Crippen LogP contribution < -0.4 is 5.32 Å². The second-order valence-electron chi connectivity index (χ2n) is 9.00. The number of ether oxygens (including phenoxy) is 1. The topological polar surface area (TPSA) is 75.6 Å². The summed E-state index contributed by atoms with van der Waals surface area (Å²) in [5.74, 6) is -0.218. The van der Waals surface area contributed by atoms with Crippen molar-refractivity contribution < 1.29 is 19.4 Å². The predicted molar refractivity (Wildman–Crippen MR) is 120 cm³/mol. The number of carbonyl (C=O) groups excluding carboxylic acids is 1. The van der Waals surface area contributed by atoms with Gasteiger partial charge in [-0.1, -0.05) is 68.3 Å². The largest absolute Gasteiger partial charge is 0.481 e. The molecule has 0 saturated heterocycles. The van der Waals surface area contributed by atoms with Crippen molar-refractivity contribution in [2.75, 3.05) is 13.2 Å². The van der Waals surface area contributed by atoms with Crippen LogP contribution in [0.2, 0.25) is 0 Å². The quantitative estimate of drug-likeness (QED) is 0.611. The van der Waals surface area contributed by atoms with Gasteiger partial charge in [0, 0.05) is 12.5 Å². The van der Waals surface area contributed by atoms with E-state index in [9.17, 15) is 14.7 Å². The Morgan fingerprint density at radius 3 is 2.16 bits per heavy atom. The summed E-state index contributed by atoms with van der Waals surface area (Å²) in [6.45, 7) is 2.52. The molecular formula is C26H31NO4. The van der Waals surface area contributed by atoms with E-state index in [-0.39, 0.29) is 19.1 Å². The molecule has 0 unspecified atom stereocenters. The Labute approximate surface area is 183 Å². The lowest BCUT2D eigenvalue weighted by Gasteiger charge is -2.36. The van der Waals surface area contributed by atoms with E-state index in [1.807, 2.05) is 24.3 Å². The van der Waals surface area contributed by atoms with Crippen molar-refractivity contribution in [1.29, 1.82) is 0 Å². The number of carboxylic acids is 1. The van der Waals surface area contributed by atoms with Crippen molar-refractivity contribution in [3.63, 3.8) is 0 Å². The fourth-order valence-electron chi connectivity index (χ4n) is 5.28. The van der Waals surface area contributed by atoms with Crippen molar-refractivity contribution in [1.82, 2.24) is 5.32 Å². The van der Waals surface area contributed by atoms with Crippen molar-refractivity contribution in [2.24, 2.45) is 11.3 Å². The van der Waals surface area contributed by atoms with Gasteiger partial charge in [0.1, 0.15) is 6.61 Å². The van der Waals surface area contributed by atoms with Gasteiger partial charge in [0.2, 0.25) is 0 Å². The standard InChI is InChI=1S/C26H31NO4/c1-2-7-18-12-14-26(15-13-18,24(28)29)17-27-25(30)31-16-23-21-10-5-3-8-19(21)20-9-4-6-11-22(20)23/h3-6,8-11,18,23H,2,7,12-17H2,1H3,(H,27,30)(H,28,29).